The Bertz CT molecular complexity index is 332. The Morgan fingerprint density at radius 3 is 1.32 bits per heavy atom. The first-order chi connectivity index (χ1) is 13.8. The van der Waals surface area contributed by atoms with Crippen LogP contribution in [0.4, 0.5) is 0 Å². The molecule has 2 radical (unpaired) electrons. The van der Waals surface area contributed by atoms with E-state index >= 15 is 0 Å². The van der Waals surface area contributed by atoms with Crippen molar-refractivity contribution in [3.63, 3.8) is 0 Å². The van der Waals surface area contributed by atoms with Crippen LogP contribution in [-0.4, -0.2) is 0 Å². The molecule has 0 rings (SSSR count). The van der Waals surface area contributed by atoms with Gasteiger partial charge in [0.25, 0.3) is 0 Å². The highest BCUT2D eigenvalue weighted by Gasteiger charge is 2.02. The summed E-state index contributed by atoms with van der Waals surface area (Å²) in [7, 11) is 0. The molecule has 1 atom stereocenters. The Balaban J connectivity index is 3.15. The molecule has 0 fully saturated rings. The van der Waals surface area contributed by atoms with Gasteiger partial charge in [-0.15, -0.1) is 11.8 Å². The van der Waals surface area contributed by atoms with Gasteiger partial charge in [0.05, 0.1) is 0 Å². The summed E-state index contributed by atoms with van der Waals surface area (Å²) in [4.78, 5) is 0. The predicted octanol–water partition coefficient (Wildman–Crippen LogP) is 9.88. The summed E-state index contributed by atoms with van der Waals surface area (Å²) in [5.74, 6) is 7.18. The van der Waals surface area contributed by atoms with Gasteiger partial charge in [-0.1, -0.05) is 136 Å². The quantitative estimate of drug-likeness (QED) is 0.135. The van der Waals surface area contributed by atoms with Crippen molar-refractivity contribution in [3.05, 3.63) is 13.8 Å². The van der Waals surface area contributed by atoms with Crippen LogP contribution in [0.1, 0.15) is 148 Å². The molecule has 0 aliphatic rings. The third-order valence-corrected chi connectivity index (χ3v) is 5.95. The zero-order chi connectivity index (χ0) is 20.5. The van der Waals surface area contributed by atoms with E-state index in [1.807, 2.05) is 0 Å². The van der Waals surface area contributed by atoms with Crippen LogP contribution in [0.25, 0.3) is 0 Å². The van der Waals surface area contributed by atoms with Crippen molar-refractivity contribution in [2.45, 2.75) is 148 Å². The van der Waals surface area contributed by atoms with E-state index in [2.05, 4.69) is 32.6 Å². The van der Waals surface area contributed by atoms with Gasteiger partial charge in [-0.05, 0) is 19.3 Å². The molecule has 0 spiro atoms. The average Bonchev–Trinajstić information content (AvgIpc) is 2.70. The monoisotopic (exact) mass is 388 g/mol. The van der Waals surface area contributed by atoms with Crippen LogP contribution in [0.5, 0.6) is 0 Å². The summed E-state index contributed by atoms with van der Waals surface area (Å²) in [5.41, 5.74) is 0. The van der Waals surface area contributed by atoms with Gasteiger partial charge in [-0.25, -0.2) is 0 Å². The van der Waals surface area contributed by atoms with Crippen molar-refractivity contribution >= 4 is 0 Å². The standard InChI is InChI=1S/C28H52/c1-4-6-8-10-12-14-15-16-17-19-21-23-25-27-28(3)26-24-22-20-18-13-11-9-7-5-2/h28H,1-2,4-6,8,10-27H2,3H3. The van der Waals surface area contributed by atoms with Crippen LogP contribution in [0.3, 0.4) is 0 Å². The minimum atomic E-state index is 0.760. The van der Waals surface area contributed by atoms with Crippen LogP contribution >= 0.6 is 0 Å². The van der Waals surface area contributed by atoms with E-state index in [4.69, 9.17) is 0 Å². The van der Waals surface area contributed by atoms with E-state index in [0.29, 0.717) is 0 Å². The van der Waals surface area contributed by atoms with E-state index in [1.54, 1.807) is 0 Å². The second-order valence-electron chi connectivity index (χ2n) is 8.90. The highest BCUT2D eigenvalue weighted by molar-refractivity contribution is 4.98. The van der Waals surface area contributed by atoms with Gasteiger partial charge in [0.2, 0.25) is 0 Å². The second-order valence-corrected chi connectivity index (χ2v) is 8.90. The van der Waals surface area contributed by atoms with Crippen LogP contribution in [0, 0.1) is 31.6 Å². The van der Waals surface area contributed by atoms with Gasteiger partial charge in [0.1, 0.15) is 0 Å². The maximum absolute atomic E-state index is 3.91. The summed E-state index contributed by atoms with van der Waals surface area (Å²) in [6, 6.07) is 0. The van der Waals surface area contributed by atoms with Crippen molar-refractivity contribution < 1.29 is 0 Å². The van der Waals surface area contributed by atoms with E-state index in [0.717, 1.165) is 25.2 Å². The lowest BCUT2D eigenvalue weighted by Gasteiger charge is -2.11. The van der Waals surface area contributed by atoms with Crippen LogP contribution in [0.2, 0.25) is 0 Å². The lowest BCUT2D eigenvalue weighted by atomic mass is 9.96. The van der Waals surface area contributed by atoms with Crippen LogP contribution in [-0.2, 0) is 0 Å². The maximum atomic E-state index is 3.91. The Morgan fingerprint density at radius 2 is 0.893 bits per heavy atom. The molecule has 0 nitrogen and oxygen atoms in total. The number of unbranched alkanes of at least 4 members (excludes halogenated alkanes) is 17. The summed E-state index contributed by atoms with van der Waals surface area (Å²) in [5, 5.41) is 0. The van der Waals surface area contributed by atoms with Gasteiger partial charge < -0.3 is 0 Å². The van der Waals surface area contributed by atoms with Gasteiger partial charge in [0.15, 0.2) is 0 Å². The lowest BCUT2D eigenvalue weighted by Crippen LogP contribution is -1.95. The van der Waals surface area contributed by atoms with Gasteiger partial charge >= 0.3 is 0 Å². The Labute approximate surface area is 180 Å². The summed E-state index contributed by atoms with van der Waals surface area (Å²) in [6.45, 7) is 10.1. The molecule has 0 heteroatoms. The molecule has 0 aliphatic heterocycles. The van der Waals surface area contributed by atoms with E-state index in [1.165, 1.54) is 122 Å². The molecule has 0 amide bonds. The normalized spacial score (nSPS) is 12.0. The Kier molecular flexibility index (Phi) is 24.2. The highest BCUT2D eigenvalue weighted by Crippen LogP contribution is 2.19. The van der Waals surface area contributed by atoms with E-state index in [9.17, 15) is 0 Å². The second kappa shape index (κ2) is 24.6. The molecule has 0 N–H and O–H groups in total. The molecule has 0 saturated heterocycles. The lowest BCUT2D eigenvalue weighted by molar-refractivity contribution is 0.431. The fraction of sp³-hybridized carbons (Fsp3) is 0.857. The number of rotatable bonds is 21. The summed E-state index contributed by atoms with van der Waals surface area (Å²) >= 11 is 0. The van der Waals surface area contributed by atoms with Crippen molar-refractivity contribution in [2.75, 3.05) is 0 Å². The first-order valence-corrected chi connectivity index (χ1v) is 12.9. The molecule has 0 aliphatic carbocycles. The highest BCUT2D eigenvalue weighted by atomic mass is 14.1. The molecular weight excluding hydrogens is 336 g/mol. The Hall–Kier alpha value is -0.440. The van der Waals surface area contributed by atoms with E-state index < -0.39 is 0 Å². The van der Waals surface area contributed by atoms with Gasteiger partial charge in [-0.2, -0.15) is 0 Å². The van der Waals surface area contributed by atoms with Crippen LogP contribution < -0.4 is 0 Å². The third-order valence-electron chi connectivity index (χ3n) is 5.95. The molecule has 0 heterocycles. The van der Waals surface area contributed by atoms with Crippen molar-refractivity contribution in [3.8, 4) is 11.8 Å². The molecule has 0 aromatic carbocycles. The first kappa shape index (κ1) is 27.6. The number of hydrogen-bond donors (Lipinski definition) is 0. The molecule has 0 saturated carbocycles. The first-order valence-electron chi connectivity index (χ1n) is 12.9. The fourth-order valence-corrected chi connectivity index (χ4v) is 3.99. The van der Waals surface area contributed by atoms with Gasteiger partial charge in [0, 0.05) is 12.8 Å². The maximum Gasteiger partial charge on any atom is 0.00890 e. The zero-order valence-electron chi connectivity index (χ0n) is 19.5. The topological polar surface area (TPSA) is 0 Å². The molecule has 0 aromatic rings. The zero-order valence-corrected chi connectivity index (χ0v) is 19.5. The largest absolute Gasteiger partial charge is 0.103 e. The van der Waals surface area contributed by atoms with Gasteiger partial charge in [-0.3, -0.25) is 0 Å². The average molecular weight is 389 g/mol. The molecule has 164 valence electrons. The predicted molar refractivity (Wildman–Crippen MR) is 129 cm³/mol. The molecule has 0 aromatic heterocycles. The smallest absolute Gasteiger partial charge is 0.00890 e. The number of hydrogen-bond acceptors (Lipinski definition) is 0. The molecule has 1 unspecified atom stereocenters. The SMILES string of the molecule is [CH2]CC#CCCCCCCCC(C)CCCCCCCCCCCCCC[CH2]. The minimum Gasteiger partial charge on any atom is -0.103 e. The Morgan fingerprint density at radius 1 is 0.500 bits per heavy atom. The summed E-state index contributed by atoms with van der Waals surface area (Å²) < 4.78 is 0. The summed E-state index contributed by atoms with van der Waals surface area (Å²) in [6.07, 6.45) is 30.0. The molecule has 28 heavy (non-hydrogen) atoms. The van der Waals surface area contributed by atoms with E-state index in [-0.39, 0.29) is 0 Å². The van der Waals surface area contributed by atoms with Crippen molar-refractivity contribution in [1.82, 2.24) is 0 Å². The third kappa shape index (κ3) is 23.6. The van der Waals surface area contributed by atoms with Crippen LogP contribution in [0.15, 0.2) is 0 Å². The molecule has 0 bridgehead atoms. The molecular formula is C28H52. The fourth-order valence-electron chi connectivity index (χ4n) is 3.99. The minimum absolute atomic E-state index is 0.760. The van der Waals surface area contributed by atoms with Crippen molar-refractivity contribution in [1.29, 1.82) is 0 Å². The van der Waals surface area contributed by atoms with Crippen molar-refractivity contribution in [2.24, 2.45) is 5.92 Å².